The maximum atomic E-state index is 15.3. The molecule has 0 amide bonds. The van der Waals surface area contributed by atoms with Gasteiger partial charge >= 0.3 is 13.1 Å². The van der Waals surface area contributed by atoms with E-state index in [-0.39, 0.29) is 0 Å². The Morgan fingerprint density at radius 1 is 1.04 bits per heavy atom. The predicted molar refractivity (Wildman–Crippen MR) is 98.9 cm³/mol. The lowest BCUT2D eigenvalue weighted by atomic mass is 9.77. The van der Waals surface area contributed by atoms with Crippen LogP contribution in [0.2, 0.25) is 0 Å². The molecule has 1 aliphatic rings. The van der Waals surface area contributed by atoms with E-state index in [1.54, 1.807) is 42.5 Å². The molecule has 136 valence electrons. The summed E-state index contributed by atoms with van der Waals surface area (Å²) in [6, 6.07) is 11.8. The van der Waals surface area contributed by atoms with E-state index in [2.05, 4.69) is 0 Å². The van der Waals surface area contributed by atoms with E-state index in [0.29, 0.717) is 22.2 Å². The van der Waals surface area contributed by atoms with E-state index in [9.17, 15) is 4.79 Å². The zero-order chi connectivity index (χ0) is 19.1. The molecule has 0 unspecified atom stereocenters. The fraction of sp³-hybridized carbons (Fsp3) is 0.350. The minimum absolute atomic E-state index is 0.338. The van der Waals surface area contributed by atoms with Crippen LogP contribution in [0.4, 0.5) is 4.39 Å². The summed E-state index contributed by atoms with van der Waals surface area (Å²) in [5, 5.41) is 0. The average molecular weight is 356 g/mol. The van der Waals surface area contributed by atoms with Crippen molar-refractivity contribution in [3.8, 4) is 11.1 Å². The van der Waals surface area contributed by atoms with Crippen LogP contribution in [0.1, 0.15) is 38.1 Å². The molecule has 0 aromatic heterocycles. The van der Waals surface area contributed by atoms with E-state index in [0.717, 1.165) is 0 Å². The molecule has 6 heteroatoms. The molecule has 26 heavy (non-hydrogen) atoms. The Kier molecular flexibility index (Phi) is 4.67. The summed E-state index contributed by atoms with van der Waals surface area (Å²) >= 11 is 0. The Labute approximate surface area is 153 Å². The van der Waals surface area contributed by atoms with Gasteiger partial charge in [0.05, 0.1) is 23.9 Å². The van der Waals surface area contributed by atoms with E-state index in [1.807, 2.05) is 27.7 Å². The molecule has 1 aliphatic heterocycles. The second-order valence-electron chi connectivity index (χ2n) is 7.37. The van der Waals surface area contributed by atoms with Crippen molar-refractivity contribution in [3.05, 3.63) is 53.8 Å². The molecule has 0 radical (unpaired) electrons. The fourth-order valence-electron chi connectivity index (χ4n) is 2.86. The smallest absolute Gasteiger partial charge is 0.465 e. The van der Waals surface area contributed by atoms with Gasteiger partial charge in [-0.1, -0.05) is 30.3 Å². The second-order valence-corrected chi connectivity index (χ2v) is 7.37. The van der Waals surface area contributed by atoms with E-state index in [4.69, 9.17) is 14.0 Å². The summed E-state index contributed by atoms with van der Waals surface area (Å²) in [7, 11) is 0.526. The van der Waals surface area contributed by atoms with Crippen molar-refractivity contribution >= 4 is 18.6 Å². The van der Waals surface area contributed by atoms with Gasteiger partial charge < -0.3 is 14.0 Å². The van der Waals surface area contributed by atoms with Gasteiger partial charge in [0.25, 0.3) is 0 Å². The number of rotatable bonds is 3. The fourth-order valence-corrected chi connectivity index (χ4v) is 2.86. The van der Waals surface area contributed by atoms with Crippen LogP contribution >= 0.6 is 0 Å². The van der Waals surface area contributed by atoms with Crippen molar-refractivity contribution in [2.75, 3.05) is 7.11 Å². The van der Waals surface area contributed by atoms with Gasteiger partial charge in [0.1, 0.15) is 5.82 Å². The van der Waals surface area contributed by atoms with Gasteiger partial charge in [0.15, 0.2) is 0 Å². The molecule has 1 saturated heterocycles. The molecular weight excluding hydrogens is 334 g/mol. The van der Waals surface area contributed by atoms with Crippen molar-refractivity contribution in [2.24, 2.45) is 0 Å². The Hall–Kier alpha value is -2.18. The van der Waals surface area contributed by atoms with E-state index >= 15 is 4.39 Å². The molecule has 0 N–H and O–H groups in total. The number of methoxy groups -OCH3 is 1. The van der Waals surface area contributed by atoms with Gasteiger partial charge in [-0.25, -0.2) is 9.18 Å². The van der Waals surface area contributed by atoms with Gasteiger partial charge in [-0.2, -0.15) is 0 Å². The highest BCUT2D eigenvalue weighted by molar-refractivity contribution is 6.62. The van der Waals surface area contributed by atoms with Crippen molar-refractivity contribution in [2.45, 2.75) is 38.9 Å². The van der Waals surface area contributed by atoms with Crippen molar-refractivity contribution in [1.29, 1.82) is 0 Å². The summed E-state index contributed by atoms with van der Waals surface area (Å²) in [6.07, 6.45) is 0. The molecule has 3 rings (SSSR count). The normalized spacial score (nSPS) is 18.0. The Morgan fingerprint density at radius 3 is 2.27 bits per heavy atom. The first-order chi connectivity index (χ1) is 12.2. The third-order valence-corrected chi connectivity index (χ3v) is 5.13. The van der Waals surface area contributed by atoms with Gasteiger partial charge in [0, 0.05) is 11.0 Å². The maximum Gasteiger partial charge on any atom is 0.497 e. The second kappa shape index (κ2) is 6.52. The highest BCUT2D eigenvalue weighted by Crippen LogP contribution is 2.37. The van der Waals surface area contributed by atoms with Crippen LogP contribution in [0.15, 0.2) is 42.5 Å². The molecule has 0 bridgehead atoms. The van der Waals surface area contributed by atoms with Gasteiger partial charge in [-0.15, -0.1) is 0 Å². The van der Waals surface area contributed by atoms with Crippen LogP contribution in [0.5, 0.6) is 0 Å². The van der Waals surface area contributed by atoms with Crippen molar-refractivity contribution in [1.82, 2.24) is 0 Å². The third kappa shape index (κ3) is 3.15. The number of carbonyl (C=O) groups excluding carboxylic acids is 1. The summed E-state index contributed by atoms with van der Waals surface area (Å²) in [4.78, 5) is 11.7. The predicted octanol–water partition coefficient (Wildman–Crippen LogP) is 3.58. The molecule has 0 aliphatic carbocycles. The largest absolute Gasteiger partial charge is 0.497 e. The molecule has 2 aromatic rings. The summed E-state index contributed by atoms with van der Waals surface area (Å²) < 4.78 is 31.9. The molecular formula is C20H22BFO4. The summed E-state index contributed by atoms with van der Waals surface area (Å²) in [6.45, 7) is 7.70. The lowest BCUT2D eigenvalue weighted by molar-refractivity contribution is 0.00578. The number of hydrogen-bond donors (Lipinski definition) is 0. The molecule has 0 spiro atoms. The zero-order valence-electron chi connectivity index (χ0n) is 15.6. The van der Waals surface area contributed by atoms with Crippen molar-refractivity contribution < 1.29 is 23.2 Å². The van der Waals surface area contributed by atoms with Crippen LogP contribution in [-0.4, -0.2) is 31.4 Å². The van der Waals surface area contributed by atoms with Gasteiger partial charge in [0.2, 0.25) is 0 Å². The van der Waals surface area contributed by atoms with Crippen LogP contribution in [0.25, 0.3) is 11.1 Å². The van der Waals surface area contributed by atoms with Gasteiger partial charge in [-0.05, 0) is 45.4 Å². The lowest BCUT2D eigenvalue weighted by Gasteiger charge is -2.32. The van der Waals surface area contributed by atoms with Crippen LogP contribution in [0, 0.1) is 5.82 Å². The number of esters is 1. The van der Waals surface area contributed by atoms with Gasteiger partial charge in [-0.3, -0.25) is 0 Å². The zero-order valence-corrected chi connectivity index (χ0v) is 15.6. The van der Waals surface area contributed by atoms with Crippen molar-refractivity contribution in [3.63, 3.8) is 0 Å². The maximum absolute atomic E-state index is 15.3. The minimum atomic E-state index is -0.788. The molecule has 0 saturated carbocycles. The van der Waals surface area contributed by atoms with Crippen LogP contribution < -0.4 is 5.46 Å². The Bertz CT molecular complexity index is 831. The number of halogens is 1. The quantitative estimate of drug-likeness (QED) is 0.623. The number of carbonyl (C=O) groups is 1. The van der Waals surface area contributed by atoms with E-state index in [1.165, 1.54) is 7.11 Å². The average Bonchev–Trinajstić information content (AvgIpc) is 2.82. The Morgan fingerprint density at radius 2 is 1.65 bits per heavy atom. The summed E-state index contributed by atoms with van der Waals surface area (Å²) in [5.74, 6) is -0.887. The molecule has 2 aromatic carbocycles. The topological polar surface area (TPSA) is 44.8 Å². The number of ether oxygens (including phenoxy) is 1. The number of benzene rings is 2. The first-order valence-electron chi connectivity index (χ1n) is 8.49. The molecule has 0 atom stereocenters. The molecule has 1 heterocycles. The highest BCUT2D eigenvalue weighted by Gasteiger charge is 2.52. The monoisotopic (exact) mass is 356 g/mol. The molecule has 4 nitrogen and oxygen atoms in total. The highest BCUT2D eigenvalue weighted by atomic mass is 19.1. The lowest BCUT2D eigenvalue weighted by Crippen LogP contribution is -2.41. The molecule has 1 fully saturated rings. The number of hydrogen-bond acceptors (Lipinski definition) is 4. The first kappa shape index (κ1) is 18.6. The SMILES string of the molecule is COC(=O)c1cccc(-c2cccc(B3OC(C)(C)C(C)(C)O3)c2F)c1. The van der Waals surface area contributed by atoms with E-state index < -0.39 is 30.1 Å². The summed E-state index contributed by atoms with van der Waals surface area (Å²) in [5.41, 5.74) is 0.567. The van der Waals surface area contributed by atoms with Crippen LogP contribution in [0.3, 0.4) is 0 Å². The minimum Gasteiger partial charge on any atom is -0.465 e. The standard InChI is InChI=1S/C20H22BFO4/c1-19(2)20(3,4)26-21(25-19)16-11-7-10-15(17(16)22)13-8-6-9-14(12-13)18(23)24-5/h6-12H,1-5H3. The van der Waals surface area contributed by atoms with Crippen LogP contribution in [-0.2, 0) is 14.0 Å². The Balaban J connectivity index is 2.00. The first-order valence-corrected chi connectivity index (χ1v) is 8.49. The third-order valence-electron chi connectivity index (χ3n) is 5.13.